The molecular weight excluding hydrogens is 262 g/mol. The van der Waals surface area contributed by atoms with Gasteiger partial charge in [0.25, 0.3) is 0 Å². The molecule has 5 nitrogen and oxygen atoms in total. The van der Waals surface area contributed by atoms with E-state index < -0.39 is 5.97 Å². The molecule has 0 amide bonds. The zero-order chi connectivity index (χ0) is 13.2. The first-order chi connectivity index (χ1) is 9.22. The van der Waals surface area contributed by atoms with Crippen molar-refractivity contribution >= 4 is 29.5 Å². The molecule has 0 spiro atoms. The number of carboxylic acid groups (broad SMARTS) is 1. The second-order valence-electron chi connectivity index (χ2n) is 4.46. The Bertz CT molecular complexity index is 619. The maximum atomic E-state index is 10.7. The van der Waals surface area contributed by atoms with Gasteiger partial charge in [-0.1, -0.05) is 0 Å². The maximum absolute atomic E-state index is 10.7. The lowest BCUT2D eigenvalue weighted by molar-refractivity contribution is 0.0702. The van der Waals surface area contributed by atoms with Crippen molar-refractivity contribution in [2.75, 3.05) is 0 Å². The zero-order valence-corrected chi connectivity index (χ0v) is 11.0. The van der Waals surface area contributed by atoms with Crippen LogP contribution in [0.3, 0.4) is 0 Å². The number of hydrogen-bond donors (Lipinski definition) is 2. The molecule has 2 aromatic rings. The number of aryl methyl sites for hydroxylation is 2. The molecule has 0 aromatic carbocycles. The third kappa shape index (κ3) is 2.58. The van der Waals surface area contributed by atoms with E-state index in [-0.39, 0.29) is 4.88 Å². The first kappa shape index (κ1) is 12.1. The molecule has 6 heteroatoms. The summed E-state index contributed by atoms with van der Waals surface area (Å²) in [4.78, 5) is 22.9. The first-order valence-electron chi connectivity index (χ1n) is 6.17. The Morgan fingerprint density at radius 3 is 2.95 bits per heavy atom. The minimum absolute atomic E-state index is 0.249. The van der Waals surface area contributed by atoms with Crippen LogP contribution in [0.25, 0.3) is 12.2 Å². The fourth-order valence-corrected chi connectivity index (χ4v) is 2.83. The Balaban J connectivity index is 1.78. The second-order valence-corrected chi connectivity index (χ2v) is 5.52. The average Bonchev–Trinajstić information content (AvgIpc) is 3.02. The highest BCUT2D eigenvalue weighted by Gasteiger charge is 2.13. The summed E-state index contributed by atoms with van der Waals surface area (Å²) in [5, 5.41) is 9.49. The minimum atomic E-state index is -0.939. The molecule has 2 heterocycles. The molecule has 0 atom stereocenters. The molecule has 0 aliphatic heterocycles. The number of imidazole rings is 1. The lowest BCUT2D eigenvalue weighted by Gasteiger charge is -2.07. The van der Waals surface area contributed by atoms with E-state index in [4.69, 9.17) is 5.11 Å². The third-order valence-corrected chi connectivity index (χ3v) is 4.04. The molecule has 0 bridgehead atoms. The highest BCUT2D eigenvalue weighted by Crippen LogP contribution is 2.20. The van der Waals surface area contributed by atoms with Gasteiger partial charge in [0, 0.05) is 5.69 Å². The van der Waals surface area contributed by atoms with Crippen molar-refractivity contribution in [2.24, 2.45) is 0 Å². The molecule has 0 saturated carbocycles. The number of aromatic amines is 1. The SMILES string of the molecule is O=C(O)c1cnc(/C=C/c2nc3c([nH]2)CCCC3)s1. The van der Waals surface area contributed by atoms with Crippen LogP contribution in [-0.2, 0) is 12.8 Å². The molecule has 0 unspecified atom stereocenters. The van der Waals surface area contributed by atoms with Gasteiger partial charge in [-0.05, 0) is 37.8 Å². The molecule has 2 aromatic heterocycles. The second kappa shape index (κ2) is 4.97. The van der Waals surface area contributed by atoms with Gasteiger partial charge in [-0.2, -0.15) is 0 Å². The number of aromatic nitrogens is 3. The number of thiazole rings is 1. The first-order valence-corrected chi connectivity index (χ1v) is 6.99. The van der Waals surface area contributed by atoms with Crippen LogP contribution in [-0.4, -0.2) is 26.0 Å². The van der Waals surface area contributed by atoms with Crippen molar-refractivity contribution in [3.8, 4) is 0 Å². The van der Waals surface area contributed by atoms with E-state index in [1.54, 1.807) is 6.08 Å². The van der Waals surface area contributed by atoms with E-state index in [9.17, 15) is 4.79 Å². The Labute approximate surface area is 114 Å². The highest BCUT2D eigenvalue weighted by molar-refractivity contribution is 7.14. The molecule has 1 aliphatic rings. The largest absolute Gasteiger partial charge is 0.477 e. The van der Waals surface area contributed by atoms with Gasteiger partial charge < -0.3 is 10.1 Å². The topological polar surface area (TPSA) is 78.9 Å². The number of hydrogen-bond acceptors (Lipinski definition) is 4. The Kier molecular flexibility index (Phi) is 3.16. The number of aromatic carboxylic acids is 1. The number of carbonyl (C=O) groups is 1. The molecule has 2 N–H and O–H groups in total. The standard InChI is InChI=1S/C13H13N3O2S/c17-13(18)10-7-14-12(19-10)6-5-11-15-8-3-1-2-4-9(8)16-11/h5-7H,1-4H2,(H,15,16)(H,17,18)/b6-5+. The van der Waals surface area contributed by atoms with Crippen LogP contribution in [0.15, 0.2) is 6.20 Å². The van der Waals surface area contributed by atoms with Crippen LogP contribution < -0.4 is 0 Å². The van der Waals surface area contributed by atoms with Crippen LogP contribution in [0, 0.1) is 0 Å². The maximum Gasteiger partial charge on any atom is 0.347 e. The molecular formula is C13H13N3O2S. The predicted octanol–water partition coefficient (Wildman–Crippen LogP) is 2.61. The number of nitrogens with one attached hydrogen (secondary N) is 1. The van der Waals surface area contributed by atoms with Gasteiger partial charge in [0.15, 0.2) is 0 Å². The van der Waals surface area contributed by atoms with Gasteiger partial charge in [-0.3, -0.25) is 0 Å². The lowest BCUT2D eigenvalue weighted by atomic mass is 10.0. The molecule has 98 valence electrons. The van der Waals surface area contributed by atoms with Crippen LogP contribution >= 0.6 is 11.3 Å². The zero-order valence-electron chi connectivity index (χ0n) is 10.2. The van der Waals surface area contributed by atoms with Crippen LogP contribution in [0.4, 0.5) is 0 Å². The fourth-order valence-electron chi connectivity index (χ4n) is 2.17. The van der Waals surface area contributed by atoms with Gasteiger partial charge in [-0.15, -0.1) is 11.3 Å². The summed E-state index contributed by atoms with van der Waals surface area (Å²) in [5.74, 6) is -0.121. The van der Waals surface area contributed by atoms with E-state index >= 15 is 0 Å². The molecule has 3 rings (SSSR count). The number of rotatable bonds is 3. The molecule has 0 fully saturated rings. The van der Waals surface area contributed by atoms with Gasteiger partial charge in [0.05, 0.1) is 11.9 Å². The molecule has 0 radical (unpaired) electrons. The number of carboxylic acids is 1. The molecule has 19 heavy (non-hydrogen) atoms. The Morgan fingerprint density at radius 1 is 1.37 bits per heavy atom. The summed E-state index contributed by atoms with van der Waals surface area (Å²) < 4.78 is 0. The number of H-pyrrole nitrogens is 1. The van der Waals surface area contributed by atoms with Gasteiger partial charge >= 0.3 is 5.97 Å². The van der Waals surface area contributed by atoms with Crippen molar-refractivity contribution in [3.05, 3.63) is 33.3 Å². The van der Waals surface area contributed by atoms with E-state index in [0.29, 0.717) is 5.01 Å². The van der Waals surface area contributed by atoms with Crippen molar-refractivity contribution in [1.82, 2.24) is 15.0 Å². The van der Waals surface area contributed by atoms with E-state index in [1.165, 1.54) is 24.7 Å². The summed E-state index contributed by atoms with van der Waals surface area (Å²) in [5.41, 5.74) is 2.40. The summed E-state index contributed by atoms with van der Waals surface area (Å²) in [6.07, 6.45) is 9.54. The third-order valence-electron chi connectivity index (χ3n) is 3.09. The summed E-state index contributed by atoms with van der Waals surface area (Å²) in [6.45, 7) is 0. The van der Waals surface area contributed by atoms with E-state index in [2.05, 4.69) is 15.0 Å². The smallest absolute Gasteiger partial charge is 0.347 e. The van der Waals surface area contributed by atoms with Gasteiger partial charge in [0.1, 0.15) is 15.7 Å². The van der Waals surface area contributed by atoms with Gasteiger partial charge in [0.2, 0.25) is 0 Å². The molecule has 1 aliphatic carbocycles. The monoisotopic (exact) mass is 275 g/mol. The minimum Gasteiger partial charge on any atom is -0.477 e. The van der Waals surface area contributed by atoms with Crippen molar-refractivity contribution < 1.29 is 9.90 Å². The number of fused-ring (bicyclic) bond motifs is 1. The fraction of sp³-hybridized carbons (Fsp3) is 0.308. The van der Waals surface area contributed by atoms with E-state index in [0.717, 1.165) is 35.7 Å². The van der Waals surface area contributed by atoms with Crippen LogP contribution in [0.1, 0.15) is 44.7 Å². The van der Waals surface area contributed by atoms with E-state index in [1.807, 2.05) is 6.08 Å². The average molecular weight is 275 g/mol. The lowest BCUT2D eigenvalue weighted by Crippen LogP contribution is -2.00. The van der Waals surface area contributed by atoms with Crippen LogP contribution in [0.5, 0.6) is 0 Å². The Morgan fingerprint density at radius 2 is 2.21 bits per heavy atom. The molecule has 0 saturated heterocycles. The van der Waals surface area contributed by atoms with Crippen molar-refractivity contribution in [2.45, 2.75) is 25.7 Å². The normalized spacial score (nSPS) is 14.7. The summed E-state index contributed by atoms with van der Waals surface area (Å²) >= 11 is 1.16. The summed E-state index contributed by atoms with van der Waals surface area (Å²) in [6, 6.07) is 0. The quantitative estimate of drug-likeness (QED) is 0.902. The highest BCUT2D eigenvalue weighted by atomic mass is 32.1. The van der Waals surface area contributed by atoms with Gasteiger partial charge in [-0.25, -0.2) is 14.8 Å². The van der Waals surface area contributed by atoms with Crippen molar-refractivity contribution in [3.63, 3.8) is 0 Å². The van der Waals surface area contributed by atoms with Crippen molar-refractivity contribution in [1.29, 1.82) is 0 Å². The number of nitrogens with zero attached hydrogens (tertiary/aromatic N) is 2. The van der Waals surface area contributed by atoms with Crippen LogP contribution in [0.2, 0.25) is 0 Å². The Hall–Kier alpha value is -1.95. The predicted molar refractivity (Wildman–Crippen MR) is 73.2 cm³/mol. The summed E-state index contributed by atoms with van der Waals surface area (Å²) in [7, 11) is 0.